The van der Waals surface area contributed by atoms with Crippen molar-refractivity contribution in [3.05, 3.63) is 71.9 Å². The molecule has 0 saturated heterocycles. The highest BCUT2D eigenvalue weighted by molar-refractivity contribution is 5.92. The Morgan fingerprint density at radius 3 is 2.73 bits per heavy atom. The van der Waals surface area contributed by atoms with E-state index in [2.05, 4.69) is 15.5 Å². The molecule has 1 unspecified atom stereocenters. The van der Waals surface area contributed by atoms with Gasteiger partial charge in [0.25, 0.3) is 0 Å². The van der Waals surface area contributed by atoms with Crippen LogP contribution in [0.15, 0.2) is 64.3 Å². The highest BCUT2D eigenvalue weighted by Crippen LogP contribution is 2.32. The molecule has 0 radical (unpaired) electrons. The molecule has 0 saturated carbocycles. The Bertz CT molecular complexity index is 905. The first-order valence-corrected chi connectivity index (χ1v) is 8.46. The van der Waals surface area contributed by atoms with Gasteiger partial charge in [0, 0.05) is 18.0 Å². The van der Waals surface area contributed by atoms with Crippen molar-refractivity contribution < 1.29 is 8.91 Å². The number of hydrogen-bond acceptors (Lipinski definition) is 3. The van der Waals surface area contributed by atoms with Gasteiger partial charge in [-0.1, -0.05) is 54.5 Å². The van der Waals surface area contributed by atoms with Crippen molar-refractivity contribution in [1.29, 1.82) is 0 Å². The number of hydrogen-bond donors (Lipinski definition) is 2. The third-order valence-corrected chi connectivity index (χ3v) is 4.18. The Morgan fingerprint density at radius 2 is 2.04 bits per heavy atom. The number of guanidine groups is 1. The molecular formula is C20H21FN4O. The SMILES string of the molecule is CCN=C(N)Nc1conc1C(C)c1ccc(-c2ccccc2)c(F)c1. The van der Waals surface area contributed by atoms with Crippen LogP contribution >= 0.6 is 0 Å². The van der Waals surface area contributed by atoms with Gasteiger partial charge in [0.2, 0.25) is 0 Å². The van der Waals surface area contributed by atoms with Crippen LogP contribution in [0.1, 0.15) is 31.0 Å². The smallest absolute Gasteiger partial charge is 0.193 e. The van der Waals surface area contributed by atoms with E-state index in [1.165, 1.54) is 12.3 Å². The van der Waals surface area contributed by atoms with Gasteiger partial charge in [-0.25, -0.2) is 4.39 Å². The fourth-order valence-electron chi connectivity index (χ4n) is 2.81. The number of nitrogens with two attached hydrogens (primary N) is 1. The van der Waals surface area contributed by atoms with Crippen molar-refractivity contribution in [1.82, 2.24) is 5.16 Å². The number of nitrogens with one attached hydrogen (secondary N) is 1. The molecule has 134 valence electrons. The van der Waals surface area contributed by atoms with E-state index in [0.29, 0.717) is 23.5 Å². The lowest BCUT2D eigenvalue weighted by molar-refractivity contribution is 0.409. The van der Waals surface area contributed by atoms with Gasteiger partial charge in [0.1, 0.15) is 23.5 Å². The number of nitrogens with zero attached hydrogens (tertiary/aromatic N) is 2. The van der Waals surface area contributed by atoms with Crippen LogP contribution in [-0.4, -0.2) is 17.7 Å². The molecule has 0 bridgehead atoms. The molecule has 0 aliphatic heterocycles. The molecule has 0 fully saturated rings. The standard InChI is InChI=1S/C20H21FN4O/c1-3-23-20(22)24-18-12-26-25-19(18)13(2)15-9-10-16(17(21)11-15)14-7-5-4-6-8-14/h4-13H,3H2,1-2H3,(H3,22,23,24). The van der Waals surface area contributed by atoms with E-state index in [-0.39, 0.29) is 17.7 Å². The van der Waals surface area contributed by atoms with Gasteiger partial charge < -0.3 is 15.6 Å². The summed E-state index contributed by atoms with van der Waals surface area (Å²) in [6.45, 7) is 4.40. The lowest BCUT2D eigenvalue weighted by Gasteiger charge is -2.13. The topological polar surface area (TPSA) is 76.4 Å². The molecule has 0 aliphatic carbocycles. The maximum atomic E-state index is 14.7. The Morgan fingerprint density at radius 1 is 1.27 bits per heavy atom. The third kappa shape index (κ3) is 3.74. The number of aliphatic imine (C=N–C) groups is 1. The van der Waals surface area contributed by atoms with Gasteiger partial charge in [-0.15, -0.1) is 0 Å². The molecule has 1 aromatic heterocycles. The summed E-state index contributed by atoms with van der Waals surface area (Å²) in [5, 5.41) is 7.02. The minimum Gasteiger partial charge on any atom is -0.370 e. The van der Waals surface area contributed by atoms with Crippen LogP contribution in [0.4, 0.5) is 10.1 Å². The molecule has 3 aromatic rings. The van der Waals surface area contributed by atoms with Crippen LogP contribution in [0.5, 0.6) is 0 Å². The minimum atomic E-state index is -0.273. The lowest BCUT2D eigenvalue weighted by Crippen LogP contribution is -2.23. The number of rotatable bonds is 5. The molecular weight excluding hydrogens is 331 g/mol. The van der Waals surface area contributed by atoms with Crippen LogP contribution in [-0.2, 0) is 0 Å². The van der Waals surface area contributed by atoms with E-state index in [0.717, 1.165) is 11.1 Å². The first-order valence-electron chi connectivity index (χ1n) is 8.46. The normalized spacial score (nSPS) is 12.8. The lowest BCUT2D eigenvalue weighted by atomic mass is 9.94. The van der Waals surface area contributed by atoms with Crippen molar-refractivity contribution in [3.8, 4) is 11.1 Å². The molecule has 2 aromatic carbocycles. The Labute approximate surface area is 151 Å². The fourth-order valence-corrected chi connectivity index (χ4v) is 2.81. The summed E-state index contributed by atoms with van der Waals surface area (Å²) in [6, 6.07) is 14.7. The highest BCUT2D eigenvalue weighted by atomic mass is 19.1. The Hall–Kier alpha value is -3.15. The number of anilines is 1. The van der Waals surface area contributed by atoms with Gasteiger partial charge in [-0.3, -0.25) is 4.99 Å². The summed E-state index contributed by atoms with van der Waals surface area (Å²) in [6.07, 6.45) is 1.47. The quantitative estimate of drug-likeness (QED) is 0.528. The molecule has 0 spiro atoms. The molecule has 0 aliphatic rings. The van der Waals surface area contributed by atoms with Crippen LogP contribution in [0.2, 0.25) is 0 Å². The average Bonchev–Trinajstić information content (AvgIpc) is 3.10. The molecule has 3 rings (SSSR count). The maximum absolute atomic E-state index is 14.7. The molecule has 3 N–H and O–H groups in total. The zero-order valence-corrected chi connectivity index (χ0v) is 14.7. The summed E-state index contributed by atoms with van der Waals surface area (Å²) < 4.78 is 19.7. The maximum Gasteiger partial charge on any atom is 0.193 e. The van der Waals surface area contributed by atoms with Gasteiger partial charge >= 0.3 is 0 Å². The van der Waals surface area contributed by atoms with Gasteiger partial charge in [-0.2, -0.15) is 0 Å². The first kappa shape index (κ1) is 17.7. The Kier molecular flexibility index (Phi) is 5.31. The fraction of sp³-hybridized carbons (Fsp3) is 0.200. The summed E-state index contributed by atoms with van der Waals surface area (Å²) in [4.78, 5) is 4.09. The number of halogens is 1. The second-order valence-corrected chi connectivity index (χ2v) is 5.93. The van der Waals surface area contributed by atoms with Crippen molar-refractivity contribution in [2.75, 3.05) is 11.9 Å². The van der Waals surface area contributed by atoms with E-state index in [1.54, 1.807) is 6.07 Å². The number of aromatic nitrogens is 1. The Balaban J connectivity index is 1.87. The van der Waals surface area contributed by atoms with Gasteiger partial charge in [0.05, 0.1) is 0 Å². The van der Waals surface area contributed by atoms with E-state index < -0.39 is 0 Å². The molecule has 6 heteroatoms. The second-order valence-electron chi connectivity index (χ2n) is 5.93. The molecule has 26 heavy (non-hydrogen) atoms. The van der Waals surface area contributed by atoms with E-state index in [9.17, 15) is 4.39 Å². The monoisotopic (exact) mass is 352 g/mol. The van der Waals surface area contributed by atoms with Crippen LogP contribution < -0.4 is 11.1 Å². The van der Waals surface area contributed by atoms with Crippen molar-refractivity contribution in [2.45, 2.75) is 19.8 Å². The molecule has 5 nitrogen and oxygen atoms in total. The molecule has 1 heterocycles. The summed E-state index contributed by atoms with van der Waals surface area (Å²) in [7, 11) is 0. The summed E-state index contributed by atoms with van der Waals surface area (Å²) >= 11 is 0. The molecule has 1 atom stereocenters. The third-order valence-electron chi connectivity index (χ3n) is 4.18. The first-order chi connectivity index (χ1) is 12.6. The van der Waals surface area contributed by atoms with Gasteiger partial charge in [0.15, 0.2) is 5.96 Å². The second kappa shape index (κ2) is 7.82. The molecule has 0 amide bonds. The predicted molar refractivity (Wildman–Crippen MR) is 102 cm³/mol. The number of benzene rings is 2. The zero-order chi connectivity index (χ0) is 18.5. The predicted octanol–water partition coefficient (Wildman–Crippen LogP) is 4.38. The average molecular weight is 352 g/mol. The van der Waals surface area contributed by atoms with Crippen LogP contribution in [0, 0.1) is 5.82 Å². The highest BCUT2D eigenvalue weighted by Gasteiger charge is 2.19. The summed E-state index contributed by atoms with van der Waals surface area (Å²) in [5.74, 6) is -0.162. The van der Waals surface area contributed by atoms with Crippen LogP contribution in [0.25, 0.3) is 11.1 Å². The van der Waals surface area contributed by atoms with Gasteiger partial charge in [-0.05, 0) is 24.1 Å². The van der Waals surface area contributed by atoms with E-state index >= 15 is 0 Å². The van der Waals surface area contributed by atoms with Crippen molar-refractivity contribution >= 4 is 11.6 Å². The van der Waals surface area contributed by atoms with Crippen molar-refractivity contribution in [3.63, 3.8) is 0 Å². The van der Waals surface area contributed by atoms with E-state index in [1.807, 2.05) is 50.2 Å². The minimum absolute atomic E-state index is 0.176. The van der Waals surface area contributed by atoms with Crippen molar-refractivity contribution in [2.24, 2.45) is 10.7 Å². The zero-order valence-electron chi connectivity index (χ0n) is 14.7. The van der Waals surface area contributed by atoms with Crippen LogP contribution in [0.3, 0.4) is 0 Å². The largest absolute Gasteiger partial charge is 0.370 e. The van der Waals surface area contributed by atoms with E-state index in [4.69, 9.17) is 10.3 Å². The summed E-state index contributed by atoms with van der Waals surface area (Å²) in [5.41, 5.74) is 9.28.